The van der Waals surface area contributed by atoms with Crippen LogP contribution in [0.2, 0.25) is 10.0 Å². The first-order valence-corrected chi connectivity index (χ1v) is 7.97. The lowest BCUT2D eigenvalue weighted by atomic mass is 10.2. The van der Waals surface area contributed by atoms with Gasteiger partial charge in [0.15, 0.2) is 5.75 Å². The second-order valence-electron chi connectivity index (χ2n) is 4.55. The first-order chi connectivity index (χ1) is 11.5. The summed E-state index contributed by atoms with van der Waals surface area (Å²) in [5.74, 6) is -1.25. The van der Waals surface area contributed by atoms with Crippen molar-refractivity contribution < 1.29 is 19.1 Å². The maximum absolute atomic E-state index is 11.5. The highest BCUT2D eigenvalue weighted by atomic mass is 35.5. The van der Waals surface area contributed by atoms with E-state index in [4.69, 9.17) is 32.7 Å². The highest BCUT2D eigenvalue weighted by Crippen LogP contribution is 2.33. The van der Waals surface area contributed by atoms with Gasteiger partial charge in [-0.15, -0.1) is 0 Å². The van der Waals surface area contributed by atoms with Crippen LogP contribution in [-0.4, -0.2) is 44.9 Å². The van der Waals surface area contributed by atoms with Gasteiger partial charge in [0.1, 0.15) is 0 Å². The van der Waals surface area contributed by atoms with Crippen molar-refractivity contribution in [1.29, 1.82) is 0 Å². The minimum atomic E-state index is -0.869. The van der Waals surface area contributed by atoms with Crippen LogP contribution in [0.15, 0.2) is 17.2 Å². The van der Waals surface area contributed by atoms with Gasteiger partial charge in [-0.3, -0.25) is 9.59 Å². The molecule has 0 atom stereocenters. The molecule has 1 aromatic carbocycles. The molecule has 0 saturated carbocycles. The van der Waals surface area contributed by atoms with Crippen LogP contribution in [0.5, 0.6) is 5.75 Å². The van der Waals surface area contributed by atoms with E-state index in [0.29, 0.717) is 47.5 Å². The number of hydrazone groups is 1. The zero-order valence-electron chi connectivity index (χ0n) is 13.4. The number of halogens is 2. The molecule has 0 heterocycles. The first kappa shape index (κ1) is 20.2. The Kier molecular flexibility index (Phi) is 9.14. The summed E-state index contributed by atoms with van der Waals surface area (Å²) in [6, 6.07) is 3.16. The van der Waals surface area contributed by atoms with Gasteiger partial charge in [0.25, 0.3) is 0 Å². The van der Waals surface area contributed by atoms with E-state index in [1.807, 2.05) is 6.92 Å². The Balaban J connectivity index is 2.54. The second-order valence-corrected chi connectivity index (χ2v) is 5.36. The largest absolute Gasteiger partial charge is 0.491 e. The monoisotopic (exact) mass is 375 g/mol. The summed E-state index contributed by atoms with van der Waals surface area (Å²) in [6.45, 7) is 3.09. The van der Waals surface area contributed by atoms with Crippen molar-refractivity contribution in [3.05, 3.63) is 27.7 Å². The standard InChI is InChI=1S/C15H19Cl2N3O4/c1-3-24-13-11(16)7-10(8-12(13)17)9-19-20-15(22)14(21)18-5-4-6-23-2/h7-9H,3-6H2,1-2H3,(H,18,21)(H,20,22)/b19-9-. The van der Waals surface area contributed by atoms with Crippen molar-refractivity contribution in [2.24, 2.45) is 5.10 Å². The predicted octanol–water partition coefficient (Wildman–Crippen LogP) is 1.99. The maximum atomic E-state index is 11.5. The Labute approximate surface area is 150 Å². The van der Waals surface area contributed by atoms with E-state index in [9.17, 15) is 9.59 Å². The summed E-state index contributed by atoms with van der Waals surface area (Å²) in [6.07, 6.45) is 1.94. The molecule has 1 rings (SSSR count). The third-order valence-corrected chi connectivity index (χ3v) is 3.27. The van der Waals surface area contributed by atoms with E-state index in [1.165, 1.54) is 6.21 Å². The lowest BCUT2D eigenvalue weighted by Crippen LogP contribution is -2.38. The Morgan fingerprint density at radius 2 is 1.92 bits per heavy atom. The average Bonchev–Trinajstić information content (AvgIpc) is 2.54. The molecule has 24 heavy (non-hydrogen) atoms. The van der Waals surface area contributed by atoms with Crippen molar-refractivity contribution in [2.45, 2.75) is 13.3 Å². The lowest BCUT2D eigenvalue weighted by molar-refractivity contribution is -0.139. The second kappa shape index (κ2) is 10.9. The number of ether oxygens (including phenoxy) is 2. The fraction of sp³-hybridized carbons (Fsp3) is 0.400. The number of nitrogens with one attached hydrogen (secondary N) is 2. The molecule has 0 radical (unpaired) electrons. The van der Waals surface area contributed by atoms with Crippen molar-refractivity contribution in [3.63, 3.8) is 0 Å². The minimum absolute atomic E-state index is 0.327. The summed E-state index contributed by atoms with van der Waals surface area (Å²) in [4.78, 5) is 23.0. The fourth-order valence-corrected chi connectivity index (χ4v) is 2.26. The molecule has 2 amide bonds. The molecule has 9 heteroatoms. The number of benzene rings is 1. The van der Waals surface area contributed by atoms with Crippen LogP contribution in [0, 0.1) is 0 Å². The number of carbonyl (C=O) groups is 2. The molecule has 1 aromatic rings. The lowest BCUT2D eigenvalue weighted by Gasteiger charge is -2.08. The van der Waals surface area contributed by atoms with Gasteiger partial charge in [-0.2, -0.15) is 5.10 Å². The van der Waals surface area contributed by atoms with E-state index in [-0.39, 0.29) is 0 Å². The van der Waals surface area contributed by atoms with Crippen molar-refractivity contribution >= 4 is 41.2 Å². The molecule has 0 bridgehead atoms. The van der Waals surface area contributed by atoms with Crippen LogP contribution in [0.1, 0.15) is 18.9 Å². The zero-order chi connectivity index (χ0) is 17.9. The molecule has 2 N–H and O–H groups in total. The predicted molar refractivity (Wildman–Crippen MR) is 92.9 cm³/mol. The Bertz CT molecular complexity index is 585. The summed E-state index contributed by atoms with van der Waals surface area (Å²) in [7, 11) is 1.56. The highest BCUT2D eigenvalue weighted by Gasteiger charge is 2.12. The third kappa shape index (κ3) is 6.74. The average molecular weight is 376 g/mol. The van der Waals surface area contributed by atoms with E-state index in [2.05, 4.69) is 15.8 Å². The van der Waals surface area contributed by atoms with Crippen LogP contribution >= 0.6 is 23.2 Å². The molecule has 0 aliphatic heterocycles. The summed E-state index contributed by atoms with van der Waals surface area (Å²) in [5.41, 5.74) is 2.67. The highest BCUT2D eigenvalue weighted by molar-refractivity contribution is 6.37. The normalized spacial score (nSPS) is 10.7. The molecule has 0 aromatic heterocycles. The van der Waals surface area contributed by atoms with Gasteiger partial charge >= 0.3 is 11.8 Å². The molecule has 0 unspecified atom stereocenters. The molecule has 132 valence electrons. The van der Waals surface area contributed by atoms with Gasteiger partial charge in [-0.1, -0.05) is 23.2 Å². The van der Waals surface area contributed by atoms with Gasteiger partial charge < -0.3 is 14.8 Å². The number of carbonyl (C=O) groups excluding carboxylic acids is 2. The number of nitrogens with zero attached hydrogens (tertiary/aromatic N) is 1. The molecule has 0 aliphatic rings. The fourth-order valence-electron chi connectivity index (χ4n) is 1.65. The molecule has 0 spiro atoms. The summed E-state index contributed by atoms with van der Waals surface area (Å²) >= 11 is 12.1. The van der Waals surface area contributed by atoms with Crippen LogP contribution in [0.3, 0.4) is 0 Å². The Hall–Kier alpha value is -1.83. The zero-order valence-corrected chi connectivity index (χ0v) is 14.9. The molecule has 0 fully saturated rings. The SMILES string of the molecule is CCOc1c(Cl)cc(/C=N\NC(=O)C(=O)NCCCOC)cc1Cl. The van der Waals surface area contributed by atoms with E-state index in [1.54, 1.807) is 19.2 Å². The maximum Gasteiger partial charge on any atom is 0.329 e. The Morgan fingerprint density at radius 1 is 1.25 bits per heavy atom. The van der Waals surface area contributed by atoms with Gasteiger partial charge in [0, 0.05) is 20.3 Å². The number of hydrogen-bond acceptors (Lipinski definition) is 5. The number of rotatable bonds is 8. The minimum Gasteiger partial charge on any atom is -0.491 e. The quantitative estimate of drug-likeness (QED) is 0.314. The van der Waals surface area contributed by atoms with Gasteiger partial charge in [0.2, 0.25) is 0 Å². The Morgan fingerprint density at radius 3 is 2.50 bits per heavy atom. The van der Waals surface area contributed by atoms with Crippen molar-refractivity contribution in [3.8, 4) is 5.75 Å². The number of amides is 2. The molecule has 0 aliphatic carbocycles. The topological polar surface area (TPSA) is 89.0 Å². The third-order valence-electron chi connectivity index (χ3n) is 2.71. The van der Waals surface area contributed by atoms with Crippen LogP contribution in [-0.2, 0) is 14.3 Å². The smallest absolute Gasteiger partial charge is 0.329 e. The van der Waals surface area contributed by atoms with Crippen molar-refractivity contribution in [1.82, 2.24) is 10.7 Å². The van der Waals surface area contributed by atoms with E-state index in [0.717, 1.165) is 0 Å². The van der Waals surface area contributed by atoms with Gasteiger partial charge in [-0.05, 0) is 31.0 Å². The molecule has 0 saturated heterocycles. The first-order valence-electron chi connectivity index (χ1n) is 7.21. The summed E-state index contributed by atoms with van der Waals surface area (Å²) in [5, 5.41) is 6.79. The summed E-state index contributed by atoms with van der Waals surface area (Å²) < 4.78 is 10.1. The van der Waals surface area contributed by atoms with Gasteiger partial charge in [0.05, 0.1) is 22.9 Å². The van der Waals surface area contributed by atoms with Crippen LogP contribution < -0.4 is 15.5 Å². The van der Waals surface area contributed by atoms with Crippen LogP contribution in [0.4, 0.5) is 0 Å². The van der Waals surface area contributed by atoms with Crippen molar-refractivity contribution in [2.75, 3.05) is 26.9 Å². The number of methoxy groups -OCH3 is 1. The van der Waals surface area contributed by atoms with E-state index >= 15 is 0 Å². The number of hydrogen-bond donors (Lipinski definition) is 2. The molecular formula is C15H19Cl2N3O4. The van der Waals surface area contributed by atoms with Crippen LogP contribution in [0.25, 0.3) is 0 Å². The molecule has 7 nitrogen and oxygen atoms in total. The van der Waals surface area contributed by atoms with Gasteiger partial charge in [-0.25, -0.2) is 5.43 Å². The van der Waals surface area contributed by atoms with E-state index < -0.39 is 11.8 Å². The molecular weight excluding hydrogens is 357 g/mol.